The van der Waals surface area contributed by atoms with Gasteiger partial charge in [0.2, 0.25) is 15.9 Å². The smallest absolute Gasteiger partial charge is 0.409 e. The summed E-state index contributed by atoms with van der Waals surface area (Å²) in [6.07, 6.45) is 0.0620. The van der Waals surface area contributed by atoms with E-state index in [2.05, 4.69) is 15.3 Å². The summed E-state index contributed by atoms with van der Waals surface area (Å²) in [6, 6.07) is 17.5. The Morgan fingerprint density at radius 3 is 2.53 bits per heavy atom. The molecule has 2 aliphatic rings. The Hall–Kier alpha value is -4.31. The number of amides is 3. The molecule has 13 nitrogen and oxygen atoms in total. The molecule has 1 N–H and O–H groups in total. The molecule has 0 aliphatic carbocycles. The van der Waals surface area contributed by atoms with Crippen molar-refractivity contribution in [2.75, 3.05) is 71.3 Å². The molecular weight excluding hydrogens is 643 g/mol. The van der Waals surface area contributed by atoms with Gasteiger partial charge in [0.1, 0.15) is 10.3 Å². The second kappa shape index (κ2) is 13.1. The molecule has 1 spiro atoms. The molecule has 3 amide bonds. The minimum absolute atomic E-state index is 0.135. The molecule has 1 saturated heterocycles. The number of thiazole rings is 1. The lowest BCUT2D eigenvalue weighted by Crippen LogP contribution is -2.41. The van der Waals surface area contributed by atoms with Gasteiger partial charge in [0.15, 0.2) is 5.13 Å². The average molecular weight is 680 g/mol. The molecule has 0 bridgehead atoms. The Morgan fingerprint density at radius 2 is 1.81 bits per heavy atom. The number of likely N-dealkylation sites (N-methyl/N-ethyl adjacent to an activating group) is 1. The third kappa shape index (κ3) is 6.48. The van der Waals surface area contributed by atoms with Gasteiger partial charge in [-0.15, -0.1) is 0 Å². The third-order valence-corrected chi connectivity index (χ3v) is 11.3. The third-order valence-electron chi connectivity index (χ3n) is 8.61. The standard InChI is InChI=1S/C32H37N7O6S2/c1-36(2)16-17-38(19-22-8-6-5-7-9-22)47(42,43)23-10-12-26-24(18-23)32(14-15-37(20-32)31(41)45-4)21-39(26)30(40)35-29-33-25-11-13-27(44-3)34-28(25)46-29/h5-13,18H,14-17,19-21H2,1-4H3,(H,33,35,40)/t32-/m0/s1. The van der Waals surface area contributed by atoms with Crippen molar-refractivity contribution in [1.29, 1.82) is 0 Å². The number of carbonyl (C=O) groups excluding carboxylic acids is 2. The minimum Gasteiger partial charge on any atom is -0.481 e. The number of anilines is 2. The zero-order chi connectivity index (χ0) is 33.3. The zero-order valence-electron chi connectivity index (χ0n) is 26.7. The molecule has 47 heavy (non-hydrogen) atoms. The lowest BCUT2D eigenvalue weighted by atomic mass is 9.81. The maximum absolute atomic E-state index is 14.3. The van der Waals surface area contributed by atoms with E-state index >= 15 is 0 Å². The monoisotopic (exact) mass is 679 g/mol. The predicted molar refractivity (Wildman–Crippen MR) is 180 cm³/mol. The van der Waals surface area contributed by atoms with Crippen LogP contribution in [0.1, 0.15) is 17.5 Å². The van der Waals surface area contributed by atoms with Crippen LogP contribution in [0.4, 0.5) is 20.4 Å². The number of nitrogens with one attached hydrogen (secondary N) is 1. The van der Waals surface area contributed by atoms with E-state index in [0.717, 1.165) is 5.56 Å². The van der Waals surface area contributed by atoms with Crippen LogP contribution >= 0.6 is 11.3 Å². The number of ether oxygens (including phenoxy) is 2. The maximum atomic E-state index is 14.3. The topological polar surface area (TPSA) is 138 Å². The molecule has 6 rings (SSSR count). The minimum atomic E-state index is -3.95. The zero-order valence-corrected chi connectivity index (χ0v) is 28.3. The van der Waals surface area contributed by atoms with Crippen molar-refractivity contribution >= 4 is 54.7 Å². The van der Waals surface area contributed by atoms with Gasteiger partial charge in [-0.1, -0.05) is 41.7 Å². The SMILES string of the molecule is COC(=O)N1CC[C@]2(C1)CN(C(=O)Nc1nc3ccc(OC)nc3s1)c1ccc(S(=O)(=O)N(CCN(C)C)Cc3ccccc3)cc12. The van der Waals surface area contributed by atoms with Crippen molar-refractivity contribution in [3.05, 3.63) is 71.8 Å². The van der Waals surface area contributed by atoms with Crippen molar-refractivity contribution in [3.63, 3.8) is 0 Å². The number of carbonyl (C=O) groups is 2. The molecular formula is C32H37N7O6S2. The number of sulfonamides is 1. The summed E-state index contributed by atoms with van der Waals surface area (Å²) in [5, 5.41) is 3.27. The first-order valence-electron chi connectivity index (χ1n) is 15.1. The second-order valence-electron chi connectivity index (χ2n) is 11.9. The van der Waals surface area contributed by atoms with Crippen LogP contribution < -0.4 is 15.0 Å². The van der Waals surface area contributed by atoms with E-state index in [-0.39, 0.29) is 24.5 Å². The van der Waals surface area contributed by atoms with Crippen LogP contribution in [0.5, 0.6) is 5.88 Å². The number of hydrogen-bond donors (Lipinski definition) is 1. The first-order chi connectivity index (χ1) is 22.5. The molecule has 2 aromatic carbocycles. The summed E-state index contributed by atoms with van der Waals surface area (Å²) >= 11 is 1.22. The summed E-state index contributed by atoms with van der Waals surface area (Å²) in [4.78, 5) is 41.2. The van der Waals surface area contributed by atoms with Crippen molar-refractivity contribution in [3.8, 4) is 5.88 Å². The van der Waals surface area contributed by atoms with Crippen molar-refractivity contribution in [2.45, 2.75) is 23.3 Å². The summed E-state index contributed by atoms with van der Waals surface area (Å²) in [5.41, 5.74) is 2.09. The molecule has 2 aliphatic heterocycles. The molecule has 1 atom stereocenters. The number of benzene rings is 2. The number of pyridine rings is 1. The lowest BCUT2D eigenvalue weighted by Gasteiger charge is -2.26. The van der Waals surface area contributed by atoms with Gasteiger partial charge in [-0.25, -0.2) is 28.0 Å². The Bertz CT molecular complexity index is 1900. The van der Waals surface area contributed by atoms with E-state index in [1.54, 1.807) is 40.1 Å². The van der Waals surface area contributed by atoms with Crippen molar-refractivity contribution in [1.82, 2.24) is 24.1 Å². The van der Waals surface area contributed by atoms with Gasteiger partial charge in [-0.2, -0.15) is 4.31 Å². The predicted octanol–water partition coefficient (Wildman–Crippen LogP) is 4.21. The fourth-order valence-electron chi connectivity index (χ4n) is 6.15. The van der Waals surface area contributed by atoms with Gasteiger partial charge in [0.05, 0.1) is 19.1 Å². The Balaban J connectivity index is 1.35. The van der Waals surface area contributed by atoms with Gasteiger partial charge in [-0.3, -0.25) is 10.2 Å². The van der Waals surface area contributed by atoms with E-state index in [9.17, 15) is 18.0 Å². The number of rotatable bonds is 9. The molecule has 2 aromatic heterocycles. The summed E-state index contributed by atoms with van der Waals surface area (Å²) in [7, 11) is 2.72. The number of fused-ring (bicyclic) bond motifs is 3. The van der Waals surface area contributed by atoms with Gasteiger partial charge < -0.3 is 19.3 Å². The maximum Gasteiger partial charge on any atom is 0.409 e. The molecule has 0 radical (unpaired) electrons. The van der Waals surface area contributed by atoms with Crippen LogP contribution in [0.3, 0.4) is 0 Å². The summed E-state index contributed by atoms with van der Waals surface area (Å²) < 4.78 is 40.2. The first-order valence-corrected chi connectivity index (χ1v) is 17.3. The van der Waals surface area contributed by atoms with Crippen molar-refractivity contribution in [2.24, 2.45) is 0 Å². The van der Waals surface area contributed by atoms with Crippen LogP contribution in [0.15, 0.2) is 65.6 Å². The normalized spacial score (nSPS) is 17.6. The van der Waals surface area contributed by atoms with Gasteiger partial charge in [0.25, 0.3) is 0 Å². The van der Waals surface area contributed by atoms with Crippen LogP contribution in [-0.2, 0) is 26.7 Å². The van der Waals surface area contributed by atoms with Crippen LogP contribution in [-0.4, -0.2) is 106 Å². The molecule has 248 valence electrons. The summed E-state index contributed by atoms with van der Waals surface area (Å²) in [5.74, 6) is 0.445. The molecule has 0 unspecified atom stereocenters. The lowest BCUT2D eigenvalue weighted by molar-refractivity contribution is 0.131. The number of methoxy groups -OCH3 is 2. The molecule has 0 saturated carbocycles. The first kappa shape index (κ1) is 32.6. The molecule has 4 aromatic rings. The highest BCUT2D eigenvalue weighted by Crippen LogP contribution is 2.48. The highest BCUT2D eigenvalue weighted by atomic mass is 32.2. The second-order valence-corrected chi connectivity index (χ2v) is 14.9. The van der Waals surface area contributed by atoms with Gasteiger partial charge in [-0.05, 0) is 55.9 Å². The Kier molecular flexibility index (Phi) is 9.07. The molecule has 15 heteroatoms. The van der Waals surface area contributed by atoms with Crippen molar-refractivity contribution < 1.29 is 27.5 Å². The number of aromatic nitrogens is 2. The van der Waals surface area contributed by atoms with Gasteiger partial charge in [0, 0.05) is 56.4 Å². The fourth-order valence-corrected chi connectivity index (χ4v) is 8.42. The van der Waals surface area contributed by atoms with E-state index in [1.807, 2.05) is 49.3 Å². The number of hydrogen-bond acceptors (Lipinski definition) is 10. The highest BCUT2D eigenvalue weighted by Gasteiger charge is 2.50. The Morgan fingerprint density at radius 1 is 1.02 bits per heavy atom. The van der Waals surface area contributed by atoms with Gasteiger partial charge >= 0.3 is 12.1 Å². The van der Waals surface area contributed by atoms with Crippen LogP contribution in [0.2, 0.25) is 0 Å². The van der Waals surface area contributed by atoms with E-state index < -0.39 is 27.6 Å². The van der Waals surface area contributed by atoms with E-state index in [0.29, 0.717) is 58.7 Å². The number of urea groups is 1. The number of likely N-dealkylation sites (tertiary alicyclic amines) is 1. The quantitative estimate of drug-likeness (QED) is 0.276. The Labute approximate surface area is 277 Å². The van der Waals surface area contributed by atoms with Crippen LogP contribution in [0.25, 0.3) is 10.3 Å². The van der Waals surface area contributed by atoms with E-state index in [1.165, 1.54) is 29.9 Å². The largest absolute Gasteiger partial charge is 0.481 e. The highest BCUT2D eigenvalue weighted by molar-refractivity contribution is 7.89. The van der Waals surface area contributed by atoms with Crippen LogP contribution in [0, 0.1) is 0 Å². The fraction of sp³-hybridized carbons (Fsp3) is 0.375. The molecule has 1 fully saturated rings. The average Bonchev–Trinajstić information content (AvgIpc) is 3.77. The summed E-state index contributed by atoms with van der Waals surface area (Å²) in [6.45, 7) is 1.98. The molecule has 4 heterocycles. The number of nitrogens with zero attached hydrogens (tertiary/aromatic N) is 6. The van der Waals surface area contributed by atoms with E-state index in [4.69, 9.17) is 9.47 Å².